The molecular weight excluding hydrogens is 150 g/mol. The van der Waals surface area contributed by atoms with Crippen molar-refractivity contribution in [2.24, 2.45) is 5.92 Å². The molecule has 2 atom stereocenters. The minimum Gasteiger partial charge on any atom is -0.379 e. The van der Waals surface area contributed by atoms with Crippen molar-refractivity contribution in [2.75, 3.05) is 26.3 Å². The fourth-order valence-electron chi connectivity index (χ4n) is 2.58. The van der Waals surface area contributed by atoms with Crippen LogP contribution in [0.5, 0.6) is 0 Å². The average Bonchev–Trinajstić information content (AvgIpc) is 2.53. The Labute approximate surface area is 74.9 Å². The fraction of sp³-hybridized carbons (Fsp3) is 1.00. The van der Waals surface area contributed by atoms with E-state index in [1.165, 1.54) is 19.3 Å². The van der Waals surface area contributed by atoms with E-state index < -0.39 is 0 Å². The first kappa shape index (κ1) is 8.52. The van der Waals surface area contributed by atoms with Crippen molar-refractivity contribution in [3.63, 3.8) is 0 Å². The zero-order valence-electron chi connectivity index (χ0n) is 7.96. The minimum absolute atomic E-state index is 0.869. The number of morpholine rings is 1. The number of rotatable bonds is 1. The highest BCUT2D eigenvalue weighted by Crippen LogP contribution is 2.29. The summed E-state index contributed by atoms with van der Waals surface area (Å²) in [6.07, 6.45) is 4.28. The Morgan fingerprint density at radius 1 is 1.17 bits per heavy atom. The Hall–Kier alpha value is -0.0800. The molecule has 0 aromatic rings. The molecular formula is C10H19NO. The molecule has 2 heteroatoms. The standard InChI is InChI=1S/C10H19NO/c1-9-3-2-4-10(9)11-5-7-12-8-6-11/h9-10H,2-8H2,1H3. The van der Waals surface area contributed by atoms with Gasteiger partial charge in [-0.15, -0.1) is 0 Å². The van der Waals surface area contributed by atoms with Gasteiger partial charge >= 0.3 is 0 Å². The van der Waals surface area contributed by atoms with Crippen LogP contribution in [0, 0.1) is 5.92 Å². The predicted molar refractivity (Wildman–Crippen MR) is 49.2 cm³/mol. The van der Waals surface area contributed by atoms with Crippen LogP contribution in [-0.2, 0) is 4.74 Å². The van der Waals surface area contributed by atoms with Gasteiger partial charge < -0.3 is 4.74 Å². The van der Waals surface area contributed by atoms with E-state index >= 15 is 0 Å². The second-order valence-electron chi connectivity index (χ2n) is 4.12. The zero-order valence-corrected chi connectivity index (χ0v) is 7.96. The van der Waals surface area contributed by atoms with Crippen LogP contribution in [0.3, 0.4) is 0 Å². The lowest BCUT2D eigenvalue weighted by Crippen LogP contribution is -2.44. The van der Waals surface area contributed by atoms with Crippen LogP contribution in [0.1, 0.15) is 26.2 Å². The Morgan fingerprint density at radius 2 is 1.92 bits per heavy atom. The van der Waals surface area contributed by atoms with Crippen LogP contribution in [-0.4, -0.2) is 37.2 Å². The van der Waals surface area contributed by atoms with Gasteiger partial charge in [0.15, 0.2) is 0 Å². The molecule has 0 aromatic heterocycles. The minimum atomic E-state index is 0.869. The van der Waals surface area contributed by atoms with Crippen molar-refractivity contribution < 1.29 is 4.74 Å². The van der Waals surface area contributed by atoms with E-state index in [1.54, 1.807) is 0 Å². The summed E-state index contributed by atoms with van der Waals surface area (Å²) in [7, 11) is 0. The molecule has 2 rings (SSSR count). The Bertz CT molecular complexity index is 143. The van der Waals surface area contributed by atoms with E-state index in [-0.39, 0.29) is 0 Å². The van der Waals surface area contributed by atoms with Crippen LogP contribution in [0.15, 0.2) is 0 Å². The van der Waals surface area contributed by atoms with Gasteiger partial charge in [-0.25, -0.2) is 0 Å². The van der Waals surface area contributed by atoms with Gasteiger partial charge in [0.1, 0.15) is 0 Å². The molecule has 1 aliphatic carbocycles. The highest BCUT2D eigenvalue weighted by Gasteiger charge is 2.29. The third-order valence-electron chi connectivity index (χ3n) is 3.33. The predicted octanol–water partition coefficient (Wildman–Crippen LogP) is 1.51. The van der Waals surface area contributed by atoms with Crippen molar-refractivity contribution in [1.29, 1.82) is 0 Å². The topological polar surface area (TPSA) is 12.5 Å². The van der Waals surface area contributed by atoms with E-state index in [9.17, 15) is 0 Å². The Kier molecular flexibility index (Phi) is 2.66. The zero-order chi connectivity index (χ0) is 8.39. The molecule has 1 heterocycles. The van der Waals surface area contributed by atoms with Crippen LogP contribution >= 0.6 is 0 Å². The average molecular weight is 169 g/mol. The smallest absolute Gasteiger partial charge is 0.0594 e. The summed E-state index contributed by atoms with van der Waals surface area (Å²) in [4.78, 5) is 2.63. The lowest BCUT2D eigenvalue weighted by molar-refractivity contribution is 0.00989. The van der Waals surface area contributed by atoms with E-state index in [2.05, 4.69) is 11.8 Å². The SMILES string of the molecule is CC1CCCC1N1CCOCC1. The van der Waals surface area contributed by atoms with Gasteiger partial charge in [-0.1, -0.05) is 13.3 Å². The molecule has 70 valence electrons. The molecule has 1 saturated heterocycles. The van der Waals surface area contributed by atoms with E-state index in [4.69, 9.17) is 4.74 Å². The van der Waals surface area contributed by atoms with Gasteiger partial charge in [0.25, 0.3) is 0 Å². The van der Waals surface area contributed by atoms with Crippen LogP contribution in [0.2, 0.25) is 0 Å². The van der Waals surface area contributed by atoms with Crippen molar-refractivity contribution in [1.82, 2.24) is 4.90 Å². The van der Waals surface area contributed by atoms with E-state index in [1.807, 2.05) is 0 Å². The second kappa shape index (κ2) is 3.75. The molecule has 0 N–H and O–H groups in total. The maximum absolute atomic E-state index is 5.35. The van der Waals surface area contributed by atoms with Crippen LogP contribution < -0.4 is 0 Å². The second-order valence-corrected chi connectivity index (χ2v) is 4.12. The largest absolute Gasteiger partial charge is 0.379 e. The summed E-state index contributed by atoms with van der Waals surface area (Å²) < 4.78 is 5.35. The van der Waals surface area contributed by atoms with Crippen LogP contribution in [0.4, 0.5) is 0 Å². The monoisotopic (exact) mass is 169 g/mol. The maximum Gasteiger partial charge on any atom is 0.0594 e. The summed E-state index contributed by atoms with van der Waals surface area (Å²) in [5, 5.41) is 0. The molecule has 2 aliphatic rings. The highest BCUT2D eigenvalue weighted by atomic mass is 16.5. The van der Waals surface area contributed by atoms with Crippen molar-refractivity contribution in [3.8, 4) is 0 Å². The summed E-state index contributed by atoms with van der Waals surface area (Å²) in [5.41, 5.74) is 0. The quantitative estimate of drug-likeness (QED) is 0.590. The molecule has 0 radical (unpaired) electrons. The summed E-state index contributed by atoms with van der Waals surface area (Å²) in [6, 6.07) is 0.869. The lowest BCUT2D eigenvalue weighted by atomic mass is 10.0. The normalized spacial score (nSPS) is 38.8. The summed E-state index contributed by atoms with van der Waals surface area (Å²) in [5.74, 6) is 0.920. The van der Waals surface area contributed by atoms with Crippen molar-refractivity contribution in [3.05, 3.63) is 0 Å². The van der Waals surface area contributed by atoms with Crippen molar-refractivity contribution in [2.45, 2.75) is 32.2 Å². The van der Waals surface area contributed by atoms with E-state index in [0.29, 0.717) is 0 Å². The lowest BCUT2D eigenvalue weighted by Gasteiger charge is -2.34. The Balaban J connectivity index is 1.89. The van der Waals surface area contributed by atoms with E-state index in [0.717, 1.165) is 38.3 Å². The third kappa shape index (κ3) is 1.64. The van der Waals surface area contributed by atoms with Crippen LogP contribution in [0.25, 0.3) is 0 Å². The van der Waals surface area contributed by atoms with Gasteiger partial charge in [0.05, 0.1) is 13.2 Å². The number of hydrogen-bond donors (Lipinski definition) is 0. The molecule has 1 saturated carbocycles. The van der Waals surface area contributed by atoms with Gasteiger partial charge in [-0.05, 0) is 18.8 Å². The van der Waals surface area contributed by atoms with Gasteiger partial charge in [-0.3, -0.25) is 4.90 Å². The Morgan fingerprint density at radius 3 is 2.50 bits per heavy atom. The van der Waals surface area contributed by atoms with Gasteiger partial charge in [0, 0.05) is 19.1 Å². The molecule has 0 amide bonds. The summed E-state index contributed by atoms with van der Waals surface area (Å²) >= 11 is 0. The first-order valence-electron chi connectivity index (χ1n) is 5.20. The third-order valence-corrected chi connectivity index (χ3v) is 3.33. The number of ether oxygens (including phenoxy) is 1. The molecule has 2 nitrogen and oxygen atoms in total. The molecule has 12 heavy (non-hydrogen) atoms. The maximum atomic E-state index is 5.35. The number of hydrogen-bond acceptors (Lipinski definition) is 2. The molecule has 1 aliphatic heterocycles. The molecule has 2 fully saturated rings. The molecule has 0 aromatic carbocycles. The molecule has 0 bridgehead atoms. The molecule has 0 spiro atoms. The summed E-state index contributed by atoms with van der Waals surface area (Å²) in [6.45, 7) is 6.61. The number of nitrogens with zero attached hydrogens (tertiary/aromatic N) is 1. The molecule has 2 unspecified atom stereocenters. The fourth-order valence-corrected chi connectivity index (χ4v) is 2.58. The van der Waals surface area contributed by atoms with Gasteiger partial charge in [0.2, 0.25) is 0 Å². The first-order valence-corrected chi connectivity index (χ1v) is 5.20. The highest BCUT2D eigenvalue weighted by molar-refractivity contribution is 4.83. The van der Waals surface area contributed by atoms with Gasteiger partial charge in [-0.2, -0.15) is 0 Å². The first-order chi connectivity index (χ1) is 5.88. The van der Waals surface area contributed by atoms with Crippen molar-refractivity contribution >= 4 is 0 Å².